The molecule has 2 aliphatic rings. The topological polar surface area (TPSA) is 25.8 Å². The van der Waals surface area contributed by atoms with Gasteiger partial charge in [0.05, 0.1) is 11.4 Å². The summed E-state index contributed by atoms with van der Waals surface area (Å²) in [6.45, 7) is 11.5. The lowest BCUT2D eigenvalue weighted by Crippen LogP contribution is -2.31. The van der Waals surface area contributed by atoms with Crippen molar-refractivity contribution in [1.29, 1.82) is 0 Å². The Balaban J connectivity index is 2.10. The van der Waals surface area contributed by atoms with E-state index in [2.05, 4.69) is 34.6 Å². The minimum absolute atomic E-state index is 0.219. The van der Waals surface area contributed by atoms with Crippen LogP contribution in [0.25, 0.3) is 11.0 Å². The zero-order valence-electron chi connectivity index (χ0n) is 12.3. The highest BCUT2D eigenvalue weighted by molar-refractivity contribution is 7.13. The zero-order chi connectivity index (χ0) is 13.6. The van der Waals surface area contributed by atoms with Crippen molar-refractivity contribution in [3.63, 3.8) is 0 Å². The molecular weight excluding hydrogens is 252 g/mol. The van der Waals surface area contributed by atoms with Gasteiger partial charge in [0.2, 0.25) is 0 Å². The smallest absolute Gasteiger partial charge is 0.103 e. The van der Waals surface area contributed by atoms with Crippen LogP contribution in [0.5, 0.6) is 0 Å². The number of hydrogen-bond donors (Lipinski definition) is 0. The van der Waals surface area contributed by atoms with Gasteiger partial charge in [0.25, 0.3) is 0 Å². The van der Waals surface area contributed by atoms with Gasteiger partial charge in [0, 0.05) is 21.1 Å². The van der Waals surface area contributed by atoms with Gasteiger partial charge in [0.15, 0.2) is 0 Å². The summed E-state index contributed by atoms with van der Waals surface area (Å²) < 4.78 is 0. The fraction of sp³-hybridized carbons (Fsp3) is 0.625. The molecule has 2 atom stereocenters. The third-order valence-corrected chi connectivity index (χ3v) is 6.97. The summed E-state index contributed by atoms with van der Waals surface area (Å²) in [7, 11) is 0. The molecule has 2 aromatic rings. The Morgan fingerprint density at radius 1 is 1.05 bits per heavy atom. The molecule has 0 aliphatic heterocycles. The van der Waals surface area contributed by atoms with Crippen molar-refractivity contribution in [2.45, 2.75) is 58.8 Å². The third-order valence-electron chi connectivity index (χ3n) is 5.97. The normalized spacial score (nSPS) is 31.1. The molecule has 2 unspecified atom stereocenters. The Hall–Kier alpha value is -0.960. The van der Waals surface area contributed by atoms with E-state index < -0.39 is 0 Å². The first-order chi connectivity index (χ1) is 8.86. The van der Waals surface area contributed by atoms with Gasteiger partial charge in [-0.05, 0) is 32.1 Å². The summed E-state index contributed by atoms with van der Waals surface area (Å²) in [5, 5.41) is 0. The van der Waals surface area contributed by atoms with Gasteiger partial charge in [-0.15, -0.1) is 11.3 Å². The molecular formula is C16H20N2S. The molecule has 1 saturated carbocycles. The number of rotatable bonds is 0. The number of hydrogen-bond acceptors (Lipinski definition) is 3. The Morgan fingerprint density at radius 3 is 2.37 bits per heavy atom. The molecule has 0 spiro atoms. The Kier molecular flexibility index (Phi) is 1.99. The number of fused-ring (bicyclic) bond motifs is 6. The summed E-state index contributed by atoms with van der Waals surface area (Å²) >= 11 is 1.83. The maximum absolute atomic E-state index is 5.07. The number of thiophene rings is 1. The van der Waals surface area contributed by atoms with Crippen LogP contribution in [-0.2, 0) is 5.41 Å². The Morgan fingerprint density at radius 2 is 1.68 bits per heavy atom. The first-order valence-corrected chi connectivity index (χ1v) is 7.96. The van der Waals surface area contributed by atoms with E-state index in [4.69, 9.17) is 9.97 Å². The molecule has 4 rings (SSSR count). The van der Waals surface area contributed by atoms with Gasteiger partial charge >= 0.3 is 0 Å². The largest absolute Gasteiger partial charge is 0.248 e. The number of aromatic nitrogens is 2. The average Bonchev–Trinajstić information content (AvgIpc) is 2.81. The van der Waals surface area contributed by atoms with E-state index >= 15 is 0 Å². The minimum Gasteiger partial charge on any atom is -0.248 e. The molecule has 0 amide bonds. The zero-order valence-corrected chi connectivity index (χ0v) is 13.1. The molecule has 19 heavy (non-hydrogen) atoms. The fourth-order valence-corrected chi connectivity index (χ4v) is 5.25. The predicted octanol–water partition coefficient (Wildman–Crippen LogP) is 4.48. The standard InChI is InChI=1S/C16H20N2S/c1-8-11-12(9(2)19-8)18-14-13(17-11)10-6-7-16(14,5)15(10,3)4/h10H,6-7H2,1-5H3. The molecule has 0 aromatic carbocycles. The molecule has 1 fully saturated rings. The van der Waals surface area contributed by atoms with Gasteiger partial charge in [-0.2, -0.15) is 0 Å². The summed E-state index contributed by atoms with van der Waals surface area (Å²) in [5.74, 6) is 0.601. The van der Waals surface area contributed by atoms with Crippen molar-refractivity contribution in [2.24, 2.45) is 5.41 Å². The van der Waals surface area contributed by atoms with E-state index in [9.17, 15) is 0 Å². The average molecular weight is 272 g/mol. The Bertz CT molecular complexity index is 713. The number of aryl methyl sites for hydroxylation is 2. The third kappa shape index (κ3) is 1.14. The quantitative estimate of drug-likeness (QED) is 0.706. The second-order valence-corrected chi connectivity index (χ2v) is 8.44. The molecule has 3 heteroatoms. The van der Waals surface area contributed by atoms with Crippen LogP contribution in [0.2, 0.25) is 0 Å². The lowest BCUT2D eigenvalue weighted by molar-refractivity contribution is 0.227. The highest BCUT2D eigenvalue weighted by Crippen LogP contribution is 2.66. The van der Waals surface area contributed by atoms with Crippen LogP contribution in [0.3, 0.4) is 0 Å². The van der Waals surface area contributed by atoms with Gasteiger partial charge in [-0.25, -0.2) is 9.97 Å². The maximum atomic E-state index is 5.07. The van der Waals surface area contributed by atoms with E-state index in [0.717, 1.165) is 11.0 Å². The van der Waals surface area contributed by atoms with Gasteiger partial charge < -0.3 is 0 Å². The van der Waals surface area contributed by atoms with Crippen LogP contribution in [-0.4, -0.2) is 9.97 Å². The van der Waals surface area contributed by atoms with Crippen molar-refractivity contribution in [3.8, 4) is 0 Å². The van der Waals surface area contributed by atoms with Crippen LogP contribution in [0.4, 0.5) is 0 Å². The highest BCUT2D eigenvalue weighted by Gasteiger charge is 2.61. The summed E-state index contributed by atoms with van der Waals surface area (Å²) in [4.78, 5) is 12.7. The van der Waals surface area contributed by atoms with Crippen LogP contribution >= 0.6 is 11.3 Å². The first-order valence-electron chi connectivity index (χ1n) is 7.14. The van der Waals surface area contributed by atoms with E-state index in [1.54, 1.807) is 0 Å². The van der Waals surface area contributed by atoms with Crippen molar-refractivity contribution in [2.75, 3.05) is 0 Å². The van der Waals surface area contributed by atoms with Gasteiger partial charge in [-0.1, -0.05) is 20.8 Å². The van der Waals surface area contributed by atoms with Crippen molar-refractivity contribution < 1.29 is 0 Å². The SMILES string of the molecule is Cc1sc(C)c2nc3c(nc12)C1CCC3(C)C1(C)C. The molecule has 2 aliphatic carbocycles. The predicted molar refractivity (Wildman–Crippen MR) is 80.0 cm³/mol. The monoisotopic (exact) mass is 272 g/mol. The molecule has 2 heterocycles. The molecule has 0 saturated heterocycles. The fourth-order valence-electron chi connectivity index (χ4n) is 4.32. The molecule has 100 valence electrons. The van der Waals surface area contributed by atoms with Crippen molar-refractivity contribution >= 4 is 22.4 Å². The van der Waals surface area contributed by atoms with Crippen molar-refractivity contribution in [1.82, 2.24) is 9.97 Å². The molecule has 0 N–H and O–H groups in total. The van der Waals surface area contributed by atoms with E-state index in [-0.39, 0.29) is 5.41 Å². The second kappa shape index (κ2) is 3.20. The van der Waals surface area contributed by atoms with Crippen LogP contribution < -0.4 is 0 Å². The Labute approximate surface area is 118 Å². The minimum atomic E-state index is 0.219. The van der Waals surface area contributed by atoms with E-state index in [1.807, 2.05) is 11.3 Å². The summed E-state index contributed by atoms with van der Waals surface area (Å²) in [6, 6.07) is 0. The van der Waals surface area contributed by atoms with Gasteiger partial charge in [-0.3, -0.25) is 0 Å². The van der Waals surface area contributed by atoms with E-state index in [0.29, 0.717) is 11.3 Å². The molecule has 2 bridgehead atoms. The van der Waals surface area contributed by atoms with E-state index in [1.165, 1.54) is 34.0 Å². The van der Waals surface area contributed by atoms with Crippen LogP contribution in [0.1, 0.15) is 60.7 Å². The molecule has 2 aromatic heterocycles. The van der Waals surface area contributed by atoms with Crippen LogP contribution in [0, 0.1) is 19.3 Å². The molecule has 0 radical (unpaired) electrons. The highest BCUT2D eigenvalue weighted by atomic mass is 32.1. The van der Waals surface area contributed by atoms with Crippen LogP contribution in [0.15, 0.2) is 0 Å². The van der Waals surface area contributed by atoms with Crippen molar-refractivity contribution in [3.05, 3.63) is 21.1 Å². The lowest BCUT2D eigenvalue weighted by Gasteiger charge is -2.34. The lowest BCUT2D eigenvalue weighted by atomic mass is 9.70. The second-order valence-electron chi connectivity index (χ2n) is 7.01. The van der Waals surface area contributed by atoms with Gasteiger partial charge in [0.1, 0.15) is 11.0 Å². The number of nitrogens with zero attached hydrogens (tertiary/aromatic N) is 2. The molecule has 2 nitrogen and oxygen atoms in total. The summed E-state index contributed by atoms with van der Waals surface area (Å²) in [6.07, 6.45) is 2.54. The maximum Gasteiger partial charge on any atom is 0.103 e. The summed E-state index contributed by atoms with van der Waals surface area (Å²) in [5.41, 5.74) is 5.41. The first kappa shape index (κ1) is 11.8.